The summed E-state index contributed by atoms with van der Waals surface area (Å²) in [6, 6.07) is 19.6. The largest absolute Gasteiger partial charge is 0.497 e. The molecule has 1 fully saturated rings. The van der Waals surface area contributed by atoms with Gasteiger partial charge in [-0.05, 0) is 58.2 Å². The molecule has 344 valence electrons. The number of para-hydroxylation sites is 1. The van der Waals surface area contributed by atoms with Crippen LogP contribution in [-0.2, 0) is 29.1 Å². The van der Waals surface area contributed by atoms with Crippen molar-refractivity contribution < 1.29 is 46.7 Å². The van der Waals surface area contributed by atoms with E-state index in [0.717, 1.165) is 23.6 Å². The van der Waals surface area contributed by atoms with Gasteiger partial charge < -0.3 is 29.7 Å². The fourth-order valence-electron chi connectivity index (χ4n) is 6.28. The van der Waals surface area contributed by atoms with Crippen LogP contribution in [0.25, 0.3) is 22.2 Å². The molecule has 1 aromatic heterocycles. The Bertz CT molecular complexity index is 2420. The molecule has 0 bridgehead atoms. The second-order valence-electron chi connectivity index (χ2n) is 16.4. The lowest BCUT2D eigenvalue weighted by molar-refractivity contribution is -0.387. The number of benzene rings is 3. The van der Waals surface area contributed by atoms with Gasteiger partial charge in [0.25, 0.3) is 21.6 Å². The summed E-state index contributed by atoms with van der Waals surface area (Å²) in [5.41, 5.74) is -1.66. The fraction of sp³-hybridized carbons (Fsp3) is 0.370. The number of nitrogens with one attached hydrogen (secondary N) is 3. The van der Waals surface area contributed by atoms with Crippen LogP contribution in [0.2, 0.25) is 0 Å². The third-order valence-corrected chi connectivity index (χ3v) is 10.4. The zero-order valence-corrected chi connectivity index (χ0v) is 38.3. The van der Waals surface area contributed by atoms with Crippen LogP contribution in [0.5, 0.6) is 11.5 Å². The van der Waals surface area contributed by atoms with Crippen molar-refractivity contribution in [2.24, 2.45) is 5.92 Å². The first-order chi connectivity index (χ1) is 30.1. The highest BCUT2D eigenvalue weighted by atomic mass is 32.2. The molecular formula is C46H58N6O11S. The van der Waals surface area contributed by atoms with E-state index in [0.29, 0.717) is 28.1 Å². The summed E-state index contributed by atoms with van der Waals surface area (Å²) < 4.78 is 45.6. The van der Waals surface area contributed by atoms with Crippen molar-refractivity contribution in [3.63, 3.8) is 0 Å². The number of carbonyl (C=O) groups is 4. The Balaban J connectivity index is 0.00000172. The van der Waals surface area contributed by atoms with Crippen LogP contribution in [0.15, 0.2) is 110 Å². The number of nitro groups is 1. The van der Waals surface area contributed by atoms with Crippen LogP contribution in [0.3, 0.4) is 0 Å². The van der Waals surface area contributed by atoms with Crippen molar-refractivity contribution in [2.45, 2.75) is 89.5 Å². The van der Waals surface area contributed by atoms with Gasteiger partial charge in [-0.25, -0.2) is 22.9 Å². The molecule has 0 spiro atoms. The predicted octanol–water partition coefficient (Wildman–Crippen LogP) is 7.11. The number of likely N-dealkylation sites (tertiary alicyclic amines) is 1. The van der Waals surface area contributed by atoms with Gasteiger partial charge in [0.15, 0.2) is 4.90 Å². The molecule has 3 aromatic carbocycles. The molecule has 18 heteroatoms. The highest BCUT2D eigenvalue weighted by molar-refractivity contribution is 7.90. The van der Waals surface area contributed by atoms with Gasteiger partial charge in [-0.1, -0.05) is 69.3 Å². The van der Waals surface area contributed by atoms with E-state index in [-0.39, 0.29) is 19.4 Å². The van der Waals surface area contributed by atoms with Crippen molar-refractivity contribution in [1.82, 2.24) is 25.2 Å². The summed E-state index contributed by atoms with van der Waals surface area (Å²) >= 11 is 0. The standard InChI is InChI=1S/C40H44N6O11S.C4H10.C2H4/c1-7-19-40(5,37(49)44-58(53,54)34-16-12-11-15-31(34)46(51)52)43-36(48)32-21-27(24-45(32)35(47)23-41-38(50)57-39(2,3)4)56-33-22-29(25-13-9-8-10-14-25)42-30-20-26(55-6)17-18-28(30)33;1-4(2)3;1-2/h7-18,20,22,27,32H,1,19,21,23-24H2,2-6H3,(H,41,50)(H,43,48)(H,44,49);4H,1-3H3;1-2H2/t27-,32+,40+;;/m1../s1. The number of hydrogen-bond donors (Lipinski definition) is 3. The molecule has 3 atom stereocenters. The first kappa shape index (κ1) is 51.5. The average Bonchev–Trinajstić information content (AvgIpc) is 3.66. The van der Waals surface area contributed by atoms with Crippen molar-refractivity contribution in [2.75, 3.05) is 20.2 Å². The first-order valence-electron chi connectivity index (χ1n) is 20.3. The van der Waals surface area contributed by atoms with Gasteiger partial charge >= 0.3 is 6.09 Å². The van der Waals surface area contributed by atoms with Gasteiger partial charge in [0.1, 0.15) is 41.3 Å². The summed E-state index contributed by atoms with van der Waals surface area (Å²) in [6.45, 7) is 21.7. The maximum absolute atomic E-state index is 14.2. The highest BCUT2D eigenvalue weighted by Crippen LogP contribution is 2.35. The molecule has 4 aromatic rings. The number of methoxy groups -OCH3 is 1. The van der Waals surface area contributed by atoms with E-state index < -0.39 is 79.2 Å². The van der Waals surface area contributed by atoms with Crippen molar-refractivity contribution >= 4 is 50.4 Å². The monoisotopic (exact) mass is 902 g/mol. The Kier molecular flexibility index (Phi) is 18.1. The normalized spacial score (nSPS) is 15.5. The predicted molar refractivity (Wildman–Crippen MR) is 244 cm³/mol. The minimum absolute atomic E-state index is 0.0923. The van der Waals surface area contributed by atoms with E-state index in [2.05, 4.69) is 51.1 Å². The maximum atomic E-state index is 14.2. The molecule has 1 aliphatic rings. The Morgan fingerprint density at radius 3 is 2.20 bits per heavy atom. The van der Waals surface area contributed by atoms with Crippen LogP contribution in [0.4, 0.5) is 10.5 Å². The lowest BCUT2D eigenvalue weighted by Gasteiger charge is -2.31. The number of sulfonamides is 1. The van der Waals surface area contributed by atoms with E-state index in [1.165, 1.54) is 37.1 Å². The SMILES string of the molecule is C=C.C=CC[C@](C)(NC(=O)[C@@H]1C[C@@H](Oc2cc(-c3ccccc3)nc3cc(OC)ccc23)CN1C(=O)CNC(=O)OC(C)(C)C)C(=O)NS(=O)(=O)c1ccccc1[N+](=O)[O-].CC(C)C. The zero-order valence-electron chi connectivity index (χ0n) is 37.5. The Hall–Kier alpha value is -6.82. The van der Waals surface area contributed by atoms with E-state index in [1.54, 1.807) is 45.0 Å². The van der Waals surface area contributed by atoms with Gasteiger partial charge in [0.05, 0.1) is 29.8 Å². The molecule has 1 saturated heterocycles. The minimum Gasteiger partial charge on any atom is -0.497 e. The smallest absolute Gasteiger partial charge is 0.408 e. The van der Waals surface area contributed by atoms with Gasteiger partial charge in [-0.3, -0.25) is 24.5 Å². The number of aromatic nitrogens is 1. The van der Waals surface area contributed by atoms with E-state index in [1.807, 2.05) is 35.1 Å². The molecular weight excluding hydrogens is 845 g/mol. The lowest BCUT2D eigenvalue weighted by Crippen LogP contribution is -2.61. The molecule has 64 heavy (non-hydrogen) atoms. The van der Waals surface area contributed by atoms with E-state index in [9.17, 15) is 37.7 Å². The Morgan fingerprint density at radius 2 is 1.61 bits per heavy atom. The summed E-state index contributed by atoms with van der Waals surface area (Å²) in [4.78, 5) is 70.1. The summed E-state index contributed by atoms with van der Waals surface area (Å²) in [7, 11) is -3.28. The molecule has 2 heterocycles. The van der Waals surface area contributed by atoms with Crippen LogP contribution in [-0.4, -0.2) is 90.5 Å². The third-order valence-electron chi connectivity index (χ3n) is 9.04. The van der Waals surface area contributed by atoms with Gasteiger partial charge in [-0.15, -0.1) is 19.7 Å². The number of carbonyl (C=O) groups excluding carboxylic acids is 4. The van der Waals surface area contributed by atoms with Crippen molar-refractivity contribution in [1.29, 1.82) is 0 Å². The topological polar surface area (TPSA) is 225 Å². The number of ether oxygens (including phenoxy) is 3. The molecule has 0 aliphatic carbocycles. The third kappa shape index (κ3) is 14.1. The van der Waals surface area contributed by atoms with Crippen molar-refractivity contribution in [3.8, 4) is 22.8 Å². The lowest BCUT2D eigenvalue weighted by atomic mass is 9.96. The Morgan fingerprint density at radius 1 is 0.984 bits per heavy atom. The number of hydrogen-bond acceptors (Lipinski definition) is 12. The summed E-state index contributed by atoms with van der Waals surface area (Å²) in [5.74, 6) is -0.965. The van der Waals surface area contributed by atoms with Gasteiger partial charge in [0.2, 0.25) is 11.8 Å². The number of alkyl carbamates (subject to hydrolysis) is 1. The van der Waals surface area contributed by atoms with Crippen LogP contribution >= 0.6 is 0 Å². The summed E-state index contributed by atoms with van der Waals surface area (Å²) in [6.07, 6.45) is -0.774. The van der Waals surface area contributed by atoms with Crippen LogP contribution in [0, 0.1) is 16.0 Å². The van der Waals surface area contributed by atoms with Gasteiger partial charge in [-0.2, -0.15) is 0 Å². The molecule has 5 rings (SSSR count). The molecule has 4 amide bonds. The molecule has 1 aliphatic heterocycles. The molecule has 0 saturated carbocycles. The summed E-state index contributed by atoms with van der Waals surface area (Å²) in [5, 5.41) is 17.2. The quantitative estimate of drug-likeness (QED) is 0.0654. The number of amides is 4. The van der Waals surface area contributed by atoms with Crippen LogP contribution < -0.4 is 24.8 Å². The van der Waals surface area contributed by atoms with E-state index >= 15 is 0 Å². The molecule has 0 unspecified atom stereocenters. The highest BCUT2D eigenvalue weighted by Gasteiger charge is 2.45. The number of rotatable bonds is 14. The minimum atomic E-state index is -4.81. The molecule has 0 radical (unpaired) electrons. The average molecular weight is 903 g/mol. The number of nitrogens with zero attached hydrogens (tertiary/aromatic N) is 3. The molecule has 17 nitrogen and oxygen atoms in total. The second kappa shape index (κ2) is 22.5. The van der Waals surface area contributed by atoms with Gasteiger partial charge in [0, 0.05) is 35.6 Å². The number of nitro benzene ring substituents is 1. The zero-order chi connectivity index (χ0) is 48.0. The molecule has 3 N–H and O–H groups in total. The first-order valence-corrected chi connectivity index (χ1v) is 21.8. The fourth-order valence-corrected chi connectivity index (χ4v) is 7.53. The maximum Gasteiger partial charge on any atom is 0.408 e. The van der Waals surface area contributed by atoms with Crippen LogP contribution in [0.1, 0.15) is 61.3 Å². The van der Waals surface area contributed by atoms with Crippen molar-refractivity contribution in [3.05, 3.63) is 115 Å². The second-order valence-corrected chi connectivity index (χ2v) is 18.0. The number of pyridine rings is 1. The number of fused-ring (bicyclic) bond motifs is 1. The van der Waals surface area contributed by atoms with E-state index in [4.69, 9.17) is 19.2 Å². The Labute approximate surface area is 374 Å².